The zero-order chi connectivity index (χ0) is 21.7. The summed E-state index contributed by atoms with van der Waals surface area (Å²) >= 11 is 0. The quantitative estimate of drug-likeness (QED) is 0.494. The van der Waals surface area contributed by atoms with Crippen LogP contribution in [0.5, 0.6) is 11.6 Å². The topological polar surface area (TPSA) is 91.5 Å². The summed E-state index contributed by atoms with van der Waals surface area (Å²) < 4.78 is 13.1. The number of carbonyl (C=O) groups is 1. The third-order valence-electron chi connectivity index (χ3n) is 5.96. The van der Waals surface area contributed by atoms with E-state index in [1.165, 1.54) is 0 Å². The van der Waals surface area contributed by atoms with Crippen molar-refractivity contribution in [2.24, 2.45) is 0 Å². The molecule has 1 aliphatic heterocycles. The lowest BCUT2D eigenvalue weighted by Gasteiger charge is -2.32. The summed E-state index contributed by atoms with van der Waals surface area (Å²) in [4.78, 5) is 26.6. The minimum Gasteiger partial charge on any atom is -0.497 e. The van der Waals surface area contributed by atoms with Crippen LogP contribution in [0.2, 0.25) is 0 Å². The van der Waals surface area contributed by atoms with Gasteiger partial charge in [0.05, 0.1) is 12.7 Å². The average molecular weight is 425 g/mol. The van der Waals surface area contributed by atoms with Gasteiger partial charge in [-0.2, -0.15) is 0 Å². The first-order valence-corrected chi connectivity index (χ1v) is 10.5. The highest BCUT2D eigenvalue weighted by Gasteiger charge is 2.39. The van der Waals surface area contributed by atoms with Gasteiger partial charge in [-0.25, -0.2) is 14.5 Å². The molecule has 1 aromatic carbocycles. The van der Waals surface area contributed by atoms with Gasteiger partial charge in [-0.3, -0.25) is 9.78 Å². The van der Waals surface area contributed by atoms with Crippen molar-refractivity contribution in [1.82, 2.24) is 24.6 Å². The zero-order valence-corrected chi connectivity index (χ0v) is 17.4. The summed E-state index contributed by atoms with van der Waals surface area (Å²) in [5, 5.41) is 4.60. The third-order valence-corrected chi connectivity index (χ3v) is 5.96. The standard InChI is InChI=1S/C24H19N5O3/c1-31-16-9-7-14(8-10-16)19-20-17(30)5-2-6-18(20)32-24-21(19)23-27-22(28-29(23)13-26-24)15-4-3-11-25-12-15/h3-4,7-13,19H,2,5-6H2,1H3/t19-/m1/s1. The molecule has 0 radical (unpaired) electrons. The molecule has 0 N–H and O–H groups in total. The van der Waals surface area contributed by atoms with E-state index in [-0.39, 0.29) is 11.7 Å². The molecule has 1 aliphatic carbocycles. The van der Waals surface area contributed by atoms with E-state index in [1.807, 2.05) is 36.4 Å². The Morgan fingerprint density at radius 3 is 2.81 bits per heavy atom. The van der Waals surface area contributed by atoms with Crippen LogP contribution >= 0.6 is 0 Å². The number of Topliss-reactive ketones (excluding diaryl/α,β-unsaturated/α-hetero) is 1. The molecule has 1 atom stereocenters. The maximum Gasteiger partial charge on any atom is 0.228 e. The summed E-state index contributed by atoms with van der Waals surface area (Å²) in [5.41, 5.74) is 3.80. The van der Waals surface area contributed by atoms with Crippen LogP contribution < -0.4 is 9.47 Å². The predicted octanol–water partition coefficient (Wildman–Crippen LogP) is 3.73. The van der Waals surface area contributed by atoms with Crippen LogP contribution in [0.25, 0.3) is 17.0 Å². The van der Waals surface area contributed by atoms with Gasteiger partial charge in [-0.15, -0.1) is 5.10 Å². The number of allylic oxidation sites excluding steroid dienone is 2. The van der Waals surface area contributed by atoms with Crippen LogP contribution in [-0.4, -0.2) is 37.5 Å². The Hall–Kier alpha value is -4.07. The van der Waals surface area contributed by atoms with Crippen LogP contribution in [0.15, 0.2) is 66.5 Å². The van der Waals surface area contributed by atoms with Gasteiger partial charge < -0.3 is 9.47 Å². The molecule has 0 amide bonds. The Labute approximate surface area is 183 Å². The monoisotopic (exact) mass is 425 g/mol. The molecule has 32 heavy (non-hydrogen) atoms. The maximum absolute atomic E-state index is 13.1. The molecular weight excluding hydrogens is 406 g/mol. The van der Waals surface area contributed by atoms with Crippen LogP contribution in [0.3, 0.4) is 0 Å². The highest BCUT2D eigenvalue weighted by Crippen LogP contribution is 2.47. The molecule has 4 aromatic rings. The van der Waals surface area contributed by atoms with Gasteiger partial charge in [0.15, 0.2) is 17.3 Å². The van der Waals surface area contributed by atoms with Gasteiger partial charge in [0.1, 0.15) is 17.8 Å². The molecule has 158 valence electrons. The van der Waals surface area contributed by atoms with Gasteiger partial charge in [-0.05, 0) is 36.2 Å². The number of ketones is 1. The van der Waals surface area contributed by atoms with E-state index in [0.29, 0.717) is 41.5 Å². The molecule has 4 heterocycles. The van der Waals surface area contributed by atoms with Gasteiger partial charge in [0.2, 0.25) is 5.88 Å². The van der Waals surface area contributed by atoms with E-state index in [4.69, 9.17) is 14.5 Å². The number of fused-ring (bicyclic) bond motifs is 3. The smallest absolute Gasteiger partial charge is 0.228 e. The number of aromatic nitrogens is 5. The Balaban J connectivity index is 1.59. The number of benzene rings is 1. The van der Waals surface area contributed by atoms with Crippen molar-refractivity contribution in [2.75, 3.05) is 7.11 Å². The first-order valence-electron chi connectivity index (χ1n) is 10.5. The van der Waals surface area contributed by atoms with Crippen LogP contribution in [-0.2, 0) is 4.79 Å². The minimum absolute atomic E-state index is 0.103. The molecule has 6 rings (SSSR count). The number of rotatable bonds is 3. The fourth-order valence-electron chi connectivity index (χ4n) is 4.46. The third kappa shape index (κ3) is 2.87. The molecule has 3 aromatic heterocycles. The van der Waals surface area contributed by atoms with Crippen LogP contribution in [0.1, 0.15) is 36.3 Å². The minimum atomic E-state index is -0.338. The predicted molar refractivity (Wildman–Crippen MR) is 115 cm³/mol. The molecule has 0 unspecified atom stereocenters. The van der Waals surface area contributed by atoms with Crippen LogP contribution in [0.4, 0.5) is 0 Å². The Morgan fingerprint density at radius 1 is 1.16 bits per heavy atom. The van der Waals surface area contributed by atoms with Crippen molar-refractivity contribution >= 4 is 11.4 Å². The number of methoxy groups -OCH3 is 1. The van der Waals surface area contributed by atoms with E-state index >= 15 is 0 Å². The number of pyridine rings is 1. The molecule has 0 fully saturated rings. The second-order valence-corrected chi connectivity index (χ2v) is 7.83. The number of nitrogens with zero attached hydrogens (tertiary/aromatic N) is 5. The molecule has 8 nitrogen and oxygen atoms in total. The lowest BCUT2D eigenvalue weighted by Crippen LogP contribution is -2.26. The number of ether oxygens (including phenoxy) is 2. The molecule has 0 saturated heterocycles. The van der Waals surface area contributed by atoms with E-state index < -0.39 is 0 Å². The van der Waals surface area contributed by atoms with Gasteiger partial charge in [0, 0.05) is 42.3 Å². The number of carbonyl (C=O) groups excluding carboxylic acids is 1. The van der Waals surface area contributed by atoms with E-state index in [0.717, 1.165) is 28.9 Å². The van der Waals surface area contributed by atoms with Crippen molar-refractivity contribution < 1.29 is 14.3 Å². The van der Waals surface area contributed by atoms with Crippen molar-refractivity contribution in [2.45, 2.75) is 25.2 Å². The Kier molecular flexibility index (Phi) is 4.24. The number of hydrogen-bond donors (Lipinski definition) is 0. The highest BCUT2D eigenvalue weighted by atomic mass is 16.5. The first kappa shape index (κ1) is 18.7. The fourth-order valence-corrected chi connectivity index (χ4v) is 4.46. The molecule has 8 heteroatoms. The first-order chi connectivity index (χ1) is 15.7. The maximum atomic E-state index is 13.1. The van der Waals surface area contributed by atoms with Crippen LogP contribution in [0, 0.1) is 0 Å². The van der Waals surface area contributed by atoms with Gasteiger partial charge >= 0.3 is 0 Å². The summed E-state index contributed by atoms with van der Waals surface area (Å²) in [6.45, 7) is 0. The van der Waals surface area contributed by atoms with Gasteiger partial charge in [-0.1, -0.05) is 12.1 Å². The number of hydrogen-bond acceptors (Lipinski definition) is 7. The Morgan fingerprint density at radius 2 is 2.03 bits per heavy atom. The van der Waals surface area contributed by atoms with E-state index in [9.17, 15) is 4.79 Å². The largest absolute Gasteiger partial charge is 0.497 e. The molecular formula is C24H19N5O3. The zero-order valence-electron chi connectivity index (χ0n) is 17.4. The summed E-state index contributed by atoms with van der Waals surface area (Å²) in [7, 11) is 1.63. The van der Waals surface area contributed by atoms with Crippen molar-refractivity contribution in [3.63, 3.8) is 0 Å². The summed E-state index contributed by atoms with van der Waals surface area (Å²) in [6.07, 6.45) is 7.03. The van der Waals surface area contributed by atoms with Crippen molar-refractivity contribution in [3.05, 3.63) is 77.6 Å². The summed E-state index contributed by atoms with van der Waals surface area (Å²) in [5.74, 6) is 2.23. The Bertz CT molecular complexity index is 1380. The fraction of sp³-hybridized carbons (Fsp3) is 0.208. The van der Waals surface area contributed by atoms with Gasteiger partial charge in [0.25, 0.3) is 0 Å². The normalized spacial score (nSPS) is 17.7. The highest BCUT2D eigenvalue weighted by molar-refractivity contribution is 6.00. The molecule has 0 bridgehead atoms. The lowest BCUT2D eigenvalue weighted by molar-refractivity contribution is -0.116. The molecule has 2 aliphatic rings. The van der Waals surface area contributed by atoms with Crippen molar-refractivity contribution in [3.8, 4) is 23.0 Å². The van der Waals surface area contributed by atoms with E-state index in [2.05, 4.69) is 15.1 Å². The summed E-state index contributed by atoms with van der Waals surface area (Å²) in [6, 6.07) is 11.5. The van der Waals surface area contributed by atoms with Crippen molar-refractivity contribution in [1.29, 1.82) is 0 Å². The second-order valence-electron chi connectivity index (χ2n) is 7.83. The lowest BCUT2D eigenvalue weighted by atomic mass is 9.78. The van der Waals surface area contributed by atoms with E-state index in [1.54, 1.807) is 30.3 Å². The second kappa shape index (κ2) is 7.26. The molecule has 0 spiro atoms. The molecule has 0 saturated carbocycles. The SMILES string of the molecule is COc1ccc([C@@H]2C3=C(CCCC3=O)Oc3ncn4nc(-c5cccnc5)nc4c32)cc1. The average Bonchev–Trinajstić information content (AvgIpc) is 3.28.